The van der Waals surface area contributed by atoms with Crippen LogP contribution >= 0.6 is 0 Å². The number of ether oxygens (including phenoxy) is 1. The molecule has 2 rings (SSSR count). The van der Waals surface area contributed by atoms with Gasteiger partial charge in [-0.1, -0.05) is 37.3 Å². The Bertz CT molecular complexity index is 778. The highest BCUT2D eigenvalue weighted by molar-refractivity contribution is 5.92. The lowest BCUT2D eigenvalue weighted by atomic mass is 9.96. The fourth-order valence-electron chi connectivity index (χ4n) is 3.03. The average Bonchev–Trinajstić information content (AvgIpc) is 2.74. The predicted octanol–water partition coefficient (Wildman–Crippen LogP) is 3.26. The number of nitrogens with zero attached hydrogens (tertiary/aromatic N) is 1. The molecule has 0 bridgehead atoms. The molecule has 0 aliphatic carbocycles. The molecule has 0 aliphatic heterocycles. The van der Waals surface area contributed by atoms with Gasteiger partial charge in [-0.2, -0.15) is 0 Å². The molecule has 0 spiro atoms. The van der Waals surface area contributed by atoms with Gasteiger partial charge in [-0.25, -0.2) is 0 Å². The van der Waals surface area contributed by atoms with Gasteiger partial charge in [0.1, 0.15) is 5.75 Å². The number of methoxy groups -OCH3 is 1. The second-order valence-corrected chi connectivity index (χ2v) is 7.13. The summed E-state index contributed by atoms with van der Waals surface area (Å²) in [4.78, 5) is 26.6. The normalized spacial score (nSPS) is 12.9. The maximum absolute atomic E-state index is 12.5. The van der Waals surface area contributed by atoms with E-state index in [0.29, 0.717) is 12.2 Å². The molecule has 0 fully saturated rings. The van der Waals surface area contributed by atoms with Crippen LogP contribution in [0.3, 0.4) is 0 Å². The third-order valence-corrected chi connectivity index (χ3v) is 5.09. The molecule has 0 aromatic heterocycles. The maximum Gasteiger partial charge on any atom is 0.238 e. The number of carbonyl (C=O) groups excluding carboxylic acids is 2. The average molecular weight is 398 g/mol. The molecule has 0 saturated carbocycles. The highest BCUT2D eigenvalue weighted by Gasteiger charge is 2.21. The summed E-state index contributed by atoms with van der Waals surface area (Å²) in [5.41, 5.74) is 1.91. The van der Waals surface area contributed by atoms with Crippen molar-refractivity contribution in [2.45, 2.75) is 32.2 Å². The van der Waals surface area contributed by atoms with E-state index in [9.17, 15) is 9.59 Å². The Morgan fingerprint density at radius 1 is 1.07 bits per heavy atom. The van der Waals surface area contributed by atoms with E-state index >= 15 is 0 Å². The topological polar surface area (TPSA) is 70.7 Å². The largest absolute Gasteiger partial charge is 0.497 e. The standard InChI is InChI=1S/C23H31N3O3/c1-5-18(19-9-7-6-8-10-19)15-24-23(28)17(2)26(3)16-22(27)25-20-11-13-21(29-4)14-12-20/h6-14,17-18H,5,15-16H2,1-4H3,(H,24,28)(H,25,27)/t17-,18+/m1/s1. The Hall–Kier alpha value is -2.86. The van der Waals surface area contributed by atoms with Gasteiger partial charge in [-0.05, 0) is 50.2 Å². The summed E-state index contributed by atoms with van der Waals surface area (Å²) in [5.74, 6) is 0.745. The van der Waals surface area contributed by atoms with Crippen molar-refractivity contribution >= 4 is 17.5 Å². The number of nitrogens with one attached hydrogen (secondary N) is 2. The maximum atomic E-state index is 12.5. The Morgan fingerprint density at radius 3 is 2.31 bits per heavy atom. The van der Waals surface area contributed by atoms with Crippen molar-refractivity contribution in [1.29, 1.82) is 0 Å². The minimum atomic E-state index is -0.412. The van der Waals surface area contributed by atoms with Crippen molar-refractivity contribution in [2.24, 2.45) is 0 Å². The minimum absolute atomic E-state index is 0.0841. The van der Waals surface area contributed by atoms with Crippen molar-refractivity contribution in [1.82, 2.24) is 10.2 Å². The van der Waals surface area contributed by atoms with Gasteiger partial charge in [-0.3, -0.25) is 14.5 Å². The minimum Gasteiger partial charge on any atom is -0.497 e. The summed E-state index contributed by atoms with van der Waals surface area (Å²) in [5, 5.41) is 5.85. The van der Waals surface area contributed by atoms with Crippen LogP contribution in [0.5, 0.6) is 5.75 Å². The number of amides is 2. The third-order valence-electron chi connectivity index (χ3n) is 5.09. The highest BCUT2D eigenvalue weighted by Crippen LogP contribution is 2.18. The van der Waals surface area contributed by atoms with Crippen molar-refractivity contribution in [3.8, 4) is 5.75 Å². The van der Waals surface area contributed by atoms with Gasteiger partial charge in [0.15, 0.2) is 0 Å². The van der Waals surface area contributed by atoms with Crippen molar-refractivity contribution in [3.63, 3.8) is 0 Å². The van der Waals surface area contributed by atoms with Crippen LogP contribution in [0.25, 0.3) is 0 Å². The van der Waals surface area contributed by atoms with Crippen LogP contribution in [0, 0.1) is 0 Å². The first-order valence-corrected chi connectivity index (χ1v) is 9.91. The smallest absolute Gasteiger partial charge is 0.238 e. The summed E-state index contributed by atoms with van der Waals surface area (Å²) >= 11 is 0. The van der Waals surface area contributed by atoms with Crippen LogP contribution in [0.4, 0.5) is 5.69 Å². The third kappa shape index (κ3) is 6.91. The lowest BCUT2D eigenvalue weighted by molar-refractivity contribution is -0.126. The fraction of sp³-hybridized carbons (Fsp3) is 0.391. The van der Waals surface area contributed by atoms with Crippen molar-refractivity contribution in [3.05, 3.63) is 60.2 Å². The van der Waals surface area contributed by atoms with Gasteiger partial charge in [0.25, 0.3) is 0 Å². The zero-order chi connectivity index (χ0) is 21.2. The van der Waals surface area contributed by atoms with E-state index in [1.54, 1.807) is 50.2 Å². The van der Waals surface area contributed by atoms with Crippen molar-refractivity contribution in [2.75, 3.05) is 32.6 Å². The molecular formula is C23H31N3O3. The Labute approximate surface area is 173 Å². The van der Waals surface area contributed by atoms with Crippen molar-refractivity contribution < 1.29 is 14.3 Å². The molecule has 0 radical (unpaired) electrons. The van der Waals surface area contributed by atoms with E-state index in [0.717, 1.165) is 12.2 Å². The van der Waals surface area contributed by atoms with E-state index in [2.05, 4.69) is 29.7 Å². The number of hydrogen-bond acceptors (Lipinski definition) is 4. The molecule has 2 aromatic carbocycles. The molecule has 29 heavy (non-hydrogen) atoms. The molecular weight excluding hydrogens is 366 g/mol. The number of likely N-dealkylation sites (N-methyl/N-ethyl adjacent to an activating group) is 1. The molecule has 0 heterocycles. The van der Waals surface area contributed by atoms with E-state index in [-0.39, 0.29) is 24.3 Å². The van der Waals surface area contributed by atoms with Gasteiger partial charge in [-0.15, -0.1) is 0 Å². The molecule has 2 amide bonds. The molecule has 0 saturated heterocycles. The first kappa shape index (κ1) is 22.4. The quantitative estimate of drug-likeness (QED) is 0.646. The second kappa shape index (κ2) is 11.2. The van der Waals surface area contributed by atoms with E-state index < -0.39 is 6.04 Å². The molecule has 0 aliphatic rings. The Morgan fingerprint density at radius 2 is 1.72 bits per heavy atom. The van der Waals surface area contributed by atoms with Crippen LogP contribution in [0.1, 0.15) is 31.7 Å². The van der Waals surface area contributed by atoms with Crippen LogP contribution in [0.15, 0.2) is 54.6 Å². The monoisotopic (exact) mass is 397 g/mol. The van der Waals surface area contributed by atoms with Crippen LogP contribution in [0.2, 0.25) is 0 Å². The van der Waals surface area contributed by atoms with Crippen LogP contribution in [-0.2, 0) is 9.59 Å². The number of carbonyl (C=O) groups is 2. The lowest BCUT2D eigenvalue weighted by Crippen LogP contribution is -2.46. The molecule has 2 aromatic rings. The first-order chi connectivity index (χ1) is 13.9. The lowest BCUT2D eigenvalue weighted by Gasteiger charge is -2.24. The van der Waals surface area contributed by atoms with Gasteiger partial charge in [0, 0.05) is 18.2 Å². The van der Waals surface area contributed by atoms with E-state index in [1.165, 1.54) is 5.56 Å². The molecule has 0 unspecified atom stereocenters. The predicted molar refractivity (Wildman–Crippen MR) is 116 cm³/mol. The summed E-state index contributed by atoms with van der Waals surface area (Å²) < 4.78 is 5.11. The fourth-order valence-corrected chi connectivity index (χ4v) is 3.03. The Balaban J connectivity index is 1.82. The summed E-state index contributed by atoms with van der Waals surface area (Å²) in [7, 11) is 3.36. The summed E-state index contributed by atoms with van der Waals surface area (Å²) in [6.07, 6.45) is 0.943. The van der Waals surface area contributed by atoms with E-state index in [1.807, 2.05) is 18.2 Å². The van der Waals surface area contributed by atoms with Gasteiger partial charge >= 0.3 is 0 Å². The SMILES string of the molecule is CC[C@@H](CNC(=O)[C@@H](C)N(C)CC(=O)Nc1ccc(OC)cc1)c1ccccc1. The molecule has 6 nitrogen and oxygen atoms in total. The van der Waals surface area contributed by atoms with Gasteiger partial charge in [0.2, 0.25) is 11.8 Å². The second-order valence-electron chi connectivity index (χ2n) is 7.13. The number of rotatable bonds is 10. The van der Waals surface area contributed by atoms with E-state index in [4.69, 9.17) is 4.74 Å². The summed E-state index contributed by atoms with van der Waals surface area (Å²) in [6.45, 7) is 4.62. The molecule has 6 heteroatoms. The Kier molecular flexibility index (Phi) is 8.68. The first-order valence-electron chi connectivity index (χ1n) is 9.91. The number of hydrogen-bond donors (Lipinski definition) is 2. The van der Waals surface area contributed by atoms with Crippen LogP contribution < -0.4 is 15.4 Å². The van der Waals surface area contributed by atoms with Gasteiger partial charge < -0.3 is 15.4 Å². The summed E-state index contributed by atoms with van der Waals surface area (Å²) in [6, 6.07) is 16.9. The van der Waals surface area contributed by atoms with Crippen LogP contribution in [-0.4, -0.2) is 50.0 Å². The number of benzene rings is 2. The molecule has 2 N–H and O–H groups in total. The highest BCUT2D eigenvalue weighted by atomic mass is 16.5. The van der Waals surface area contributed by atoms with Gasteiger partial charge in [0.05, 0.1) is 19.7 Å². The zero-order valence-electron chi connectivity index (χ0n) is 17.6. The molecule has 156 valence electrons. The zero-order valence-corrected chi connectivity index (χ0v) is 17.6. The molecule has 2 atom stereocenters. The number of anilines is 1.